The van der Waals surface area contributed by atoms with E-state index in [4.69, 9.17) is 11.6 Å². The maximum Gasteiger partial charge on any atom is 0.0965 e. The van der Waals surface area contributed by atoms with Crippen LogP contribution in [0.15, 0.2) is 11.6 Å². The Hall–Kier alpha value is -0.0100. The molecule has 0 heterocycles. The van der Waals surface area contributed by atoms with E-state index in [9.17, 15) is 5.11 Å². The van der Waals surface area contributed by atoms with Crippen LogP contribution < -0.4 is 0 Å². The zero-order chi connectivity index (χ0) is 21.7. The van der Waals surface area contributed by atoms with Crippen molar-refractivity contribution >= 4 is 11.6 Å². The third-order valence-corrected chi connectivity index (χ3v) is 11.2. The van der Waals surface area contributed by atoms with Crippen molar-refractivity contribution in [2.24, 2.45) is 46.3 Å². The van der Waals surface area contributed by atoms with Crippen molar-refractivity contribution < 1.29 is 5.11 Å². The Balaban J connectivity index is 1.50. The average molecular weight is 435 g/mol. The second-order valence-corrected chi connectivity index (χ2v) is 13.0. The average Bonchev–Trinajstić information content (AvgIpc) is 3.05. The Morgan fingerprint density at radius 1 is 1.00 bits per heavy atom. The molecule has 0 bridgehead atoms. The van der Waals surface area contributed by atoms with Gasteiger partial charge in [-0.25, -0.2) is 0 Å². The van der Waals surface area contributed by atoms with Gasteiger partial charge in [-0.15, -0.1) is 11.6 Å². The highest BCUT2D eigenvalue weighted by Crippen LogP contribution is 2.68. The van der Waals surface area contributed by atoms with Gasteiger partial charge in [0.2, 0.25) is 0 Å². The van der Waals surface area contributed by atoms with E-state index in [0.29, 0.717) is 16.7 Å². The summed E-state index contributed by atoms with van der Waals surface area (Å²) in [4.78, 5) is 0. The molecule has 0 aromatic heterocycles. The molecular formula is C28H47ClO. The smallest absolute Gasteiger partial charge is 0.0965 e. The maximum atomic E-state index is 10.8. The first kappa shape index (κ1) is 23.2. The fourth-order valence-electron chi connectivity index (χ4n) is 8.91. The van der Waals surface area contributed by atoms with Gasteiger partial charge in [0.05, 0.1) is 11.5 Å². The second kappa shape index (κ2) is 8.40. The van der Waals surface area contributed by atoms with Crippen molar-refractivity contribution in [3.63, 3.8) is 0 Å². The first-order chi connectivity index (χ1) is 14.1. The van der Waals surface area contributed by atoms with Gasteiger partial charge in [-0.2, -0.15) is 0 Å². The lowest BCUT2D eigenvalue weighted by molar-refractivity contribution is -0.0675. The molecule has 0 aromatic carbocycles. The molecule has 4 aliphatic rings. The molecule has 0 aliphatic heterocycles. The Labute approximate surface area is 191 Å². The molecule has 1 unspecified atom stereocenters. The van der Waals surface area contributed by atoms with Gasteiger partial charge in [-0.3, -0.25) is 0 Å². The number of alkyl halides is 1. The minimum Gasteiger partial charge on any atom is -0.385 e. The molecule has 0 radical (unpaired) electrons. The molecule has 30 heavy (non-hydrogen) atoms. The summed E-state index contributed by atoms with van der Waals surface area (Å²) < 4.78 is 0. The van der Waals surface area contributed by atoms with Crippen LogP contribution in [0.1, 0.15) is 105 Å². The summed E-state index contributed by atoms with van der Waals surface area (Å²) >= 11 is 6.13. The lowest BCUT2D eigenvalue weighted by Crippen LogP contribution is -2.52. The second-order valence-electron chi connectivity index (χ2n) is 12.8. The number of rotatable bonds is 6. The fraction of sp³-hybridized carbons (Fsp3) is 0.929. The van der Waals surface area contributed by atoms with E-state index in [2.05, 4.69) is 40.7 Å². The first-order valence-corrected chi connectivity index (χ1v) is 13.7. The zero-order valence-corrected chi connectivity index (χ0v) is 21.1. The SMILES string of the molecule is CC(C)CCC[C@@H](C)[C@H]1CC[C@H]2[C@@H]3CCC4=C[C@](O)(CCl)CC[C@]4(C)C3CC[C@]12C. The maximum absolute atomic E-state index is 10.8. The summed E-state index contributed by atoms with van der Waals surface area (Å²) in [5, 5.41) is 10.8. The number of halogens is 1. The molecular weight excluding hydrogens is 388 g/mol. The predicted molar refractivity (Wildman–Crippen MR) is 129 cm³/mol. The van der Waals surface area contributed by atoms with Gasteiger partial charge in [0, 0.05) is 0 Å². The number of aliphatic hydroxyl groups is 1. The molecule has 8 atom stereocenters. The van der Waals surface area contributed by atoms with Crippen LogP contribution in [0.5, 0.6) is 0 Å². The standard InChI is InChI=1S/C28H47ClO/c1-19(2)7-6-8-20(3)23-11-12-24-22-10-9-21-17-28(30,18-29)16-15-26(21,4)25(22)13-14-27(23,24)5/h17,19-20,22-25,30H,6-16,18H2,1-5H3/t20-,22+,23-,24+,25?,26+,27-,28+/m1/s1. The van der Waals surface area contributed by atoms with E-state index in [1.54, 1.807) is 5.57 Å². The molecule has 0 saturated heterocycles. The molecule has 1 N–H and O–H groups in total. The van der Waals surface area contributed by atoms with E-state index in [1.165, 1.54) is 57.8 Å². The Morgan fingerprint density at radius 3 is 2.47 bits per heavy atom. The van der Waals surface area contributed by atoms with Crippen LogP contribution in [0, 0.1) is 46.3 Å². The van der Waals surface area contributed by atoms with Gasteiger partial charge in [0.1, 0.15) is 0 Å². The zero-order valence-electron chi connectivity index (χ0n) is 20.4. The van der Waals surface area contributed by atoms with Gasteiger partial charge in [0.25, 0.3) is 0 Å². The number of hydrogen-bond acceptors (Lipinski definition) is 1. The molecule has 1 nitrogen and oxygen atoms in total. The quantitative estimate of drug-likeness (QED) is 0.331. The molecule has 3 saturated carbocycles. The topological polar surface area (TPSA) is 20.2 Å². The normalized spacial score (nSPS) is 46.7. The van der Waals surface area contributed by atoms with Gasteiger partial charge in [-0.05, 0) is 97.7 Å². The number of fused-ring (bicyclic) bond motifs is 5. The molecule has 0 amide bonds. The van der Waals surface area contributed by atoms with Gasteiger partial charge < -0.3 is 5.11 Å². The molecule has 3 fully saturated rings. The molecule has 4 rings (SSSR count). The molecule has 172 valence electrons. The van der Waals surface area contributed by atoms with E-state index in [1.807, 2.05) is 0 Å². The minimum atomic E-state index is -0.754. The van der Waals surface area contributed by atoms with Gasteiger partial charge >= 0.3 is 0 Å². The van der Waals surface area contributed by atoms with Crippen LogP contribution in [0.25, 0.3) is 0 Å². The van der Waals surface area contributed by atoms with Crippen molar-refractivity contribution in [1.82, 2.24) is 0 Å². The fourth-order valence-corrected chi connectivity index (χ4v) is 9.12. The Bertz CT molecular complexity index is 655. The van der Waals surface area contributed by atoms with Crippen molar-refractivity contribution in [2.75, 3.05) is 5.88 Å². The highest BCUT2D eigenvalue weighted by Gasteiger charge is 2.59. The van der Waals surface area contributed by atoms with Crippen LogP contribution in [0.3, 0.4) is 0 Å². The van der Waals surface area contributed by atoms with Crippen LogP contribution in [-0.4, -0.2) is 16.6 Å². The van der Waals surface area contributed by atoms with Crippen molar-refractivity contribution in [1.29, 1.82) is 0 Å². The number of hydrogen-bond donors (Lipinski definition) is 1. The minimum absolute atomic E-state index is 0.309. The van der Waals surface area contributed by atoms with Crippen molar-refractivity contribution in [3.8, 4) is 0 Å². The summed E-state index contributed by atoms with van der Waals surface area (Å²) in [7, 11) is 0. The summed E-state index contributed by atoms with van der Waals surface area (Å²) in [5.74, 6) is 5.67. The molecule has 4 aliphatic carbocycles. The van der Waals surface area contributed by atoms with E-state index in [-0.39, 0.29) is 0 Å². The monoisotopic (exact) mass is 434 g/mol. The van der Waals surface area contributed by atoms with Gasteiger partial charge in [0.15, 0.2) is 0 Å². The predicted octanol–water partition coefficient (Wildman–Crippen LogP) is 8.00. The summed E-state index contributed by atoms with van der Waals surface area (Å²) in [6, 6.07) is 0. The van der Waals surface area contributed by atoms with Crippen molar-refractivity contribution in [2.45, 2.75) is 111 Å². The van der Waals surface area contributed by atoms with Crippen LogP contribution >= 0.6 is 11.6 Å². The summed E-state index contributed by atoms with van der Waals surface area (Å²) in [6.07, 6.45) is 16.7. The lowest BCUT2D eigenvalue weighted by Gasteiger charge is -2.59. The van der Waals surface area contributed by atoms with E-state index < -0.39 is 5.60 Å². The highest BCUT2D eigenvalue weighted by molar-refractivity contribution is 6.18. The largest absolute Gasteiger partial charge is 0.385 e. The van der Waals surface area contributed by atoms with Crippen LogP contribution in [-0.2, 0) is 0 Å². The van der Waals surface area contributed by atoms with E-state index >= 15 is 0 Å². The number of allylic oxidation sites excluding steroid dienone is 1. The van der Waals surface area contributed by atoms with E-state index in [0.717, 1.165) is 48.3 Å². The molecule has 0 spiro atoms. The van der Waals surface area contributed by atoms with Gasteiger partial charge in [-0.1, -0.05) is 65.5 Å². The van der Waals surface area contributed by atoms with Crippen LogP contribution in [0.4, 0.5) is 0 Å². The van der Waals surface area contributed by atoms with Crippen LogP contribution in [0.2, 0.25) is 0 Å². The third-order valence-electron chi connectivity index (χ3n) is 10.7. The third kappa shape index (κ3) is 3.83. The summed E-state index contributed by atoms with van der Waals surface area (Å²) in [5.41, 5.74) is 1.67. The Kier molecular flexibility index (Phi) is 6.49. The molecule has 0 aromatic rings. The summed E-state index contributed by atoms with van der Waals surface area (Å²) in [6.45, 7) is 12.5. The van der Waals surface area contributed by atoms with Crippen molar-refractivity contribution in [3.05, 3.63) is 11.6 Å². The molecule has 2 heteroatoms. The Morgan fingerprint density at radius 2 is 1.77 bits per heavy atom. The lowest BCUT2D eigenvalue weighted by atomic mass is 9.46. The highest BCUT2D eigenvalue weighted by atomic mass is 35.5. The first-order valence-electron chi connectivity index (χ1n) is 13.1.